The van der Waals surface area contributed by atoms with Crippen molar-refractivity contribution in [1.82, 2.24) is 0 Å². The summed E-state index contributed by atoms with van der Waals surface area (Å²) < 4.78 is 12.6. The first-order valence-corrected chi connectivity index (χ1v) is 10.4. The highest BCUT2D eigenvalue weighted by atomic mass is 79.9. The molecule has 1 heterocycles. The van der Waals surface area contributed by atoms with Crippen molar-refractivity contribution in [3.63, 3.8) is 0 Å². The van der Waals surface area contributed by atoms with Crippen LogP contribution in [0.5, 0.6) is 0 Å². The number of hydrogen-bond acceptors (Lipinski definition) is 2. The topological polar surface area (TPSA) is 18.5 Å². The van der Waals surface area contributed by atoms with Gasteiger partial charge in [0, 0.05) is 6.61 Å². The van der Waals surface area contributed by atoms with E-state index in [0.717, 1.165) is 26.1 Å². The minimum atomic E-state index is -1.16. The van der Waals surface area contributed by atoms with Crippen LogP contribution in [-0.4, -0.2) is 27.6 Å². The summed E-state index contributed by atoms with van der Waals surface area (Å²) in [4.78, 5) is 0. The summed E-state index contributed by atoms with van der Waals surface area (Å²) in [6, 6.07) is 0. The van der Waals surface area contributed by atoms with E-state index in [2.05, 4.69) is 41.6 Å². The molecular weight excluding hydrogens is 284 g/mol. The van der Waals surface area contributed by atoms with Crippen LogP contribution in [0.1, 0.15) is 25.7 Å². The van der Waals surface area contributed by atoms with Gasteiger partial charge in [-0.05, 0) is 29.8 Å². The van der Waals surface area contributed by atoms with Gasteiger partial charge in [-0.3, -0.25) is 0 Å². The molecule has 0 spiro atoms. The molecule has 2 nitrogen and oxygen atoms in total. The van der Waals surface area contributed by atoms with Crippen molar-refractivity contribution in [2.75, 3.05) is 13.2 Å². The van der Waals surface area contributed by atoms with Gasteiger partial charge in [0.25, 0.3) is 0 Å². The van der Waals surface area contributed by atoms with Crippen molar-refractivity contribution in [3.05, 3.63) is 10.2 Å². The van der Waals surface area contributed by atoms with Crippen molar-refractivity contribution >= 4 is 24.0 Å². The van der Waals surface area contributed by atoms with Gasteiger partial charge in [0.1, 0.15) is 0 Å². The fourth-order valence-electron chi connectivity index (χ4n) is 1.53. The molecule has 0 aromatic heterocycles. The molecule has 1 aliphatic rings. The minimum Gasteiger partial charge on any atom is -0.353 e. The van der Waals surface area contributed by atoms with Crippen molar-refractivity contribution < 1.29 is 9.47 Å². The van der Waals surface area contributed by atoms with Crippen molar-refractivity contribution in [2.45, 2.75) is 51.6 Å². The van der Waals surface area contributed by atoms with E-state index >= 15 is 0 Å². The molecule has 0 aromatic rings. The van der Waals surface area contributed by atoms with E-state index in [1.54, 1.807) is 0 Å². The number of rotatable bonds is 5. The van der Waals surface area contributed by atoms with Gasteiger partial charge in [0.15, 0.2) is 6.29 Å². The Bertz CT molecular complexity index is 230. The number of hydrogen-bond donors (Lipinski definition) is 0. The number of ether oxygens (including phenoxy) is 2. The summed E-state index contributed by atoms with van der Waals surface area (Å²) in [6.07, 6.45) is 6.76. The highest BCUT2D eigenvalue weighted by molar-refractivity contribution is 9.12. The largest absolute Gasteiger partial charge is 0.353 e. The fraction of sp³-hybridized carbons (Fsp3) is 0.833. The van der Waals surface area contributed by atoms with Crippen LogP contribution in [0.3, 0.4) is 0 Å². The van der Waals surface area contributed by atoms with E-state index in [9.17, 15) is 0 Å². The third kappa shape index (κ3) is 5.62. The lowest BCUT2D eigenvalue weighted by atomic mass is 10.2. The zero-order valence-electron chi connectivity index (χ0n) is 10.6. The summed E-state index contributed by atoms with van der Waals surface area (Å²) in [5, 5.41) is 0. The second kappa shape index (κ2) is 6.94. The molecule has 0 N–H and O–H groups in total. The average Bonchev–Trinajstić information content (AvgIpc) is 2.24. The third-order valence-electron chi connectivity index (χ3n) is 2.60. The van der Waals surface area contributed by atoms with Crippen LogP contribution in [-0.2, 0) is 9.47 Å². The number of halogens is 1. The molecule has 0 amide bonds. The summed E-state index contributed by atoms with van der Waals surface area (Å²) in [5.41, 5.74) is 0. The van der Waals surface area contributed by atoms with Gasteiger partial charge in [0.2, 0.25) is 0 Å². The molecule has 4 heteroatoms. The van der Waals surface area contributed by atoms with E-state index < -0.39 is 8.07 Å². The van der Waals surface area contributed by atoms with Crippen LogP contribution in [0.2, 0.25) is 19.6 Å². The lowest BCUT2D eigenvalue weighted by Crippen LogP contribution is -2.23. The smallest absolute Gasteiger partial charge is 0.157 e. The van der Waals surface area contributed by atoms with Crippen LogP contribution in [0.15, 0.2) is 10.2 Å². The maximum Gasteiger partial charge on any atom is 0.157 e. The normalized spacial score (nSPS) is 23.5. The van der Waals surface area contributed by atoms with Crippen LogP contribution >= 0.6 is 15.9 Å². The van der Waals surface area contributed by atoms with Gasteiger partial charge in [-0.25, -0.2) is 0 Å². The third-order valence-corrected chi connectivity index (χ3v) is 8.13. The highest BCUT2D eigenvalue weighted by Crippen LogP contribution is 2.21. The van der Waals surface area contributed by atoms with Gasteiger partial charge in [0.05, 0.1) is 14.7 Å². The molecule has 0 aromatic carbocycles. The predicted octanol–water partition coefficient (Wildman–Crippen LogP) is 4.08. The summed E-state index contributed by atoms with van der Waals surface area (Å²) in [7, 11) is -1.16. The molecule has 94 valence electrons. The Kier molecular flexibility index (Phi) is 6.25. The first-order chi connectivity index (χ1) is 7.50. The Labute approximate surface area is 109 Å². The van der Waals surface area contributed by atoms with Gasteiger partial charge in [-0.2, -0.15) is 0 Å². The van der Waals surface area contributed by atoms with Crippen LogP contribution in [0.4, 0.5) is 0 Å². The zero-order valence-corrected chi connectivity index (χ0v) is 13.2. The zero-order chi connectivity index (χ0) is 12.0. The predicted molar refractivity (Wildman–Crippen MR) is 74.5 cm³/mol. The van der Waals surface area contributed by atoms with E-state index in [-0.39, 0.29) is 6.29 Å². The Morgan fingerprint density at radius 3 is 2.75 bits per heavy atom. The SMILES string of the molecule is C[Si](C)(C)/C(Br)=C\CCOC1CCCCO1. The van der Waals surface area contributed by atoms with E-state index in [4.69, 9.17) is 9.47 Å². The first kappa shape index (κ1) is 14.4. The molecule has 1 fully saturated rings. The standard InChI is InChI=1S/C12H23BrO2Si/c1-16(2,3)11(13)7-6-10-15-12-8-4-5-9-14-12/h7,12H,4-6,8-10H2,1-3H3/b11-7-. The Morgan fingerprint density at radius 2 is 2.19 bits per heavy atom. The van der Waals surface area contributed by atoms with Gasteiger partial charge in [-0.1, -0.05) is 41.6 Å². The quantitative estimate of drug-likeness (QED) is 0.563. The molecule has 1 unspecified atom stereocenters. The van der Waals surface area contributed by atoms with Crippen molar-refractivity contribution in [2.24, 2.45) is 0 Å². The van der Waals surface area contributed by atoms with Gasteiger partial charge >= 0.3 is 0 Å². The van der Waals surface area contributed by atoms with Gasteiger partial charge < -0.3 is 9.47 Å². The molecule has 16 heavy (non-hydrogen) atoms. The van der Waals surface area contributed by atoms with Crippen LogP contribution < -0.4 is 0 Å². The van der Waals surface area contributed by atoms with E-state index in [1.165, 1.54) is 16.9 Å². The summed E-state index contributed by atoms with van der Waals surface area (Å²) in [6.45, 7) is 8.62. The Hall–Kier alpha value is 0.357. The maximum atomic E-state index is 5.67. The monoisotopic (exact) mass is 306 g/mol. The van der Waals surface area contributed by atoms with Crippen molar-refractivity contribution in [1.29, 1.82) is 0 Å². The van der Waals surface area contributed by atoms with Crippen LogP contribution in [0, 0.1) is 0 Å². The minimum absolute atomic E-state index is 0.0489. The molecule has 1 atom stereocenters. The van der Waals surface area contributed by atoms with E-state index in [1.807, 2.05) is 0 Å². The molecule has 1 aliphatic heterocycles. The summed E-state index contributed by atoms with van der Waals surface area (Å²) in [5.74, 6) is 0. The molecule has 0 radical (unpaired) electrons. The molecule has 1 saturated heterocycles. The van der Waals surface area contributed by atoms with Crippen LogP contribution in [0.25, 0.3) is 0 Å². The lowest BCUT2D eigenvalue weighted by molar-refractivity contribution is -0.161. The molecule has 0 saturated carbocycles. The Morgan fingerprint density at radius 1 is 1.44 bits per heavy atom. The molecule has 1 rings (SSSR count). The second-order valence-corrected chi connectivity index (χ2v) is 11.9. The highest BCUT2D eigenvalue weighted by Gasteiger charge is 2.17. The first-order valence-electron chi connectivity index (χ1n) is 6.09. The molecule has 0 aliphatic carbocycles. The lowest BCUT2D eigenvalue weighted by Gasteiger charge is -2.22. The average molecular weight is 307 g/mol. The van der Waals surface area contributed by atoms with Crippen molar-refractivity contribution in [3.8, 4) is 0 Å². The van der Waals surface area contributed by atoms with E-state index in [0.29, 0.717) is 0 Å². The second-order valence-electron chi connectivity index (χ2n) is 5.26. The van der Waals surface area contributed by atoms with Gasteiger partial charge in [-0.15, -0.1) is 0 Å². The molecular formula is C12H23BrO2Si. The summed E-state index contributed by atoms with van der Waals surface area (Å²) >= 11 is 3.66. The molecule has 0 bridgehead atoms. The Balaban J connectivity index is 2.15. The fourth-order valence-corrected chi connectivity index (χ4v) is 2.52. The maximum absolute atomic E-state index is 5.67.